The Hall–Kier alpha value is -0.810. The Morgan fingerprint density at radius 3 is 2.30 bits per heavy atom. The number of rotatable bonds is 4. The average Bonchev–Trinajstić information content (AvgIpc) is 2.37. The molecule has 0 aliphatic heterocycles. The van der Waals surface area contributed by atoms with Crippen molar-refractivity contribution in [2.45, 2.75) is 63.5 Å². The Kier molecular flexibility index (Phi) is 6.27. The van der Waals surface area contributed by atoms with E-state index in [9.17, 15) is 9.59 Å². The molecule has 0 atom stereocenters. The lowest BCUT2D eigenvalue weighted by Crippen LogP contribution is -2.60. The number of ether oxygens (including phenoxy) is 1. The predicted octanol–water partition coefficient (Wildman–Crippen LogP) is 1.53. The zero-order valence-electron chi connectivity index (χ0n) is 12.0. The van der Waals surface area contributed by atoms with Gasteiger partial charge in [-0.05, 0) is 51.9 Å². The molecule has 2 saturated carbocycles. The van der Waals surface area contributed by atoms with E-state index in [1.807, 2.05) is 6.92 Å². The van der Waals surface area contributed by atoms with E-state index in [0.717, 1.165) is 44.9 Å². The van der Waals surface area contributed by atoms with Gasteiger partial charge in [0.15, 0.2) is 0 Å². The summed E-state index contributed by atoms with van der Waals surface area (Å²) in [5.41, 5.74) is 5.37. The number of amides is 1. The van der Waals surface area contributed by atoms with Crippen molar-refractivity contribution >= 4 is 24.3 Å². The lowest BCUT2D eigenvalue weighted by atomic mass is 9.76. The standard InChI is InChI=1S/C14H24N2O3.ClH/c1-2-19-12(17)10-4-6-11(7-5-10)16-13(18)14(15)8-3-9-14;/h10-11H,2-9,15H2,1H3,(H,16,18);1H. The molecule has 0 aromatic heterocycles. The summed E-state index contributed by atoms with van der Waals surface area (Å²) < 4.78 is 5.03. The topological polar surface area (TPSA) is 81.4 Å². The summed E-state index contributed by atoms with van der Waals surface area (Å²) in [7, 11) is 0. The molecule has 2 fully saturated rings. The molecule has 0 aromatic carbocycles. The minimum atomic E-state index is -0.627. The first-order chi connectivity index (χ1) is 9.05. The maximum Gasteiger partial charge on any atom is 0.308 e. The predicted molar refractivity (Wildman–Crippen MR) is 78.5 cm³/mol. The van der Waals surface area contributed by atoms with Gasteiger partial charge in [0.05, 0.1) is 18.1 Å². The first-order valence-electron chi connectivity index (χ1n) is 7.31. The van der Waals surface area contributed by atoms with Crippen LogP contribution in [0, 0.1) is 5.92 Å². The Morgan fingerprint density at radius 1 is 1.25 bits per heavy atom. The average molecular weight is 305 g/mol. The molecule has 2 aliphatic carbocycles. The van der Waals surface area contributed by atoms with Crippen molar-refractivity contribution in [3.8, 4) is 0 Å². The van der Waals surface area contributed by atoms with E-state index in [-0.39, 0.29) is 36.2 Å². The fraction of sp³-hybridized carbons (Fsp3) is 0.857. The zero-order chi connectivity index (χ0) is 13.9. The van der Waals surface area contributed by atoms with Gasteiger partial charge in [0.25, 0.3) is 0 Å². The Balaban J connectivity index is 0.00000200. The number of nitrogens with one attached hydrogen (secondary N) is 1. The summed E-state index contributed by atoms with van der Waals surface area (Å²) in [4.78, 5) is 23.6. The van der Waals surface area contributed by atoms with Crippen molar-refractivity contribution in [2.24, 2.45) is 11.7 Å². The van der Waals surface area contributed by atoms with Gasteiger partial charge in [-0.25, -0.2) is 0 Å². The van der Waals surface area contributed by atoms with Crippen LogP contribution in [0.15, 0.2) is 0 Å². The zero-order valence-corrected chi connectivity index (χ0v) is 12.8. The molecule has 5 nitrogen and oxygen atoms in total. The molecule has 0 spiro atoms. The van der Waals surface area contributed by atoms with Crippen LogP contribution < -0.4 is 11.1 Å². The monoisotopic (exact) mass is 304 g/mol. The summed E-state index contributed by atoms with van der Waals surface area (Å²) in [5.74, 6) is -0.108. The van der Waals surface area contributed by atoms with Crippen LogP contribution in [0.3, 0.4) is 0 Å². The number of hydrogen-bond donors (Lipinski definition) is 2. The van der Waals surface area contributed by atoms with Crippen molar-refractivity contribution in [1.82, 2.24) is 5.32 Å². The van der Waals surface area contributed by atoms with Gasteiger partial charge in [0.2, 0.25) is 5.91 Å². The van der Waals surface area contributed by atoms with Crippen molar-refractivity contribution < 1.29 is 14.3 Å². The van der Waals surface area contributed by atoms with Gasteiger partial charge < -0.3 is 15.8 Å². The smallest absolute Gasteiger partial charge is 0.308 e. The summed E-state index contributed by atoms with van der Waals surface area (Å²) in [5, 5.41) is 3.04. The van der Waals surface area contributed by atoms with E-state index in [1.54, 1.807) is 0 Å². The van der Waals surface area contributed by atoms with Crippen LogP contribution in [0.1, 0.15) is 51.9 Å². The van der Waals surface area contributed by atoms with Crippen LogP contribution in [0.25, 0.3) is 0 Å². The second kappa shape index (κ2) is 7.27. The molecule has 2 rings (SSSR count). The second-order valence-electron chi connectivity index (χ2n) is 5.78. The van der Waals surface area contributed by atoms with E-state index in [1.165, 1.54) is 0 Å². The molecule has 0 radical (unpaired) electrons. The van der Waals surface area contributed by atoms with Gasteiger partial charge in [-0.1, -0.05) is 0 Å². The van der Waals surface area contributed by atoms with Crippen molar-refractivity contribution in [1.29, 1.82) is 0 Å². The van der Waals surface area contributed by atoms with Gasteiger partial charge in [-0.15, -0.1) is 12.4 Å². The van der Waals surface area contributed by atoms with Gasteiger partial charge in [0.1, 0.15) is 0 Å². The van der Waals surface area contributed by atoms with Crippen LogP contribution in [-0.4, -0.2) is 30.1 Å². The molecule has 0 saturated heterocycles. The van der Waals surface area contributed by atoms with Crippen LogP contribution in [0.4, 0.5) is 0 Å². The maximum absolute atomic E-state index is 12.0. The Labute approximate surface area is 126 Å². The Bertz CT molecular complexity index is 350. The molecular formula is C14H25ClN2O3. The fourth-order valence-corrected chi connectivity index (χ4v) is 2.85. The third-order valence-corrected chi connectivity index (χ3v) is 4.38. The number of hydrogen-bond acceptors (Lipinski definition) is 4. The van der Waals surface area contributed by atoms with Crippen LogP contribution in [0.5, 0.6) is 0 Å². The van der Waals surface area contributed by atoms with Gasteiger partial charge in [0, 0.05) is 6.04 Å². The summed E-state index contributed by atoms with van der Waals surface area (Å²) in [6.45, 7) is 2.26. The number of esters is 1. The van der Waals surface area contributed by atoms with Crippen LogP contribution in [-0.2, 0) is 14.3 Å². The molecule has 6 heteroatoms. The van der Waals surface area contributed by atoms with Crippen LogP contribution in [0.2, 0.25) is 0 Å². The van der Waals surface area contributed by atoms with E-state index < -0.39 is 5.54 Å². The minimum Gasteiger partial charge on any atom is -0.466 e. The Morgan fingerprint density at radius 2 is 1.85 bits per heavy atom. The van der Waals surface area contributed by atoms with E-state index >= 15 is 0 Å². The molecule has 0 heterocycles. The van der Waals surface area contributed by atoms with Crippen molar-refractivity contribution in [2.75, 3.05) is 6.61 Å². The minimum absolute atomic E-state index is 0. The third-order valence-electron chi connectivity index (χ3n) is 4.38. The van der Waals surface area contributed by atoms with Crippen molar-refractivity contribution in [3.63, 3.8) is 0 Å². The molecule has 1 amide bonds. The summed E-state index contributed by atoms with van der Waals surface area (Å²) >= 11 is 0. The third kappa shape index (κ3) is 3.85. The van der Waals surface area contributed by atoms with Gasteiger partial charge >= 0.3 is 5.97 Å². The SMILES string of the molecule is CCOC(=O)C1CCC(NC(=O)C2(N)CCC2)CC1.Cl. The molecule has 0 aromatic rings. The van der Waals surface area contributed by atoms with Gasteiger partial charge in [-0.3, -0.25) is 9.59 Å². The first-order valence-corrected chi connectivity index (χ1v) is 7.31. The highest BCUT2D eigenvalue weighted by Crippen LogP contribution is 2.30. The summed E-state index contributed by atoms with van der Waals surface area (Å²) in [6.07, 6.45) is 5.88. The molecular weight excluding hydrogens is 280 g/mol. The lowest BCUT2D eigenvalue weighted by molar-refractivity contribution is -0.149. The quantitative estimate of drug-likeness (QED) is 0.772. The van der Waals surface area contributed by atoms with Crippen LogP contribution >= 0.6 is 12.4 Å². The maximum atomic E-state index is 12.0. The molecule has 2 aliphatic rings. The van der Waals surface area contributed by atoms with E-state index in [0.29, 0.717) is 6.61 Å². The largest absolute Gasteiger partial charge is 0.466 e. The summed E-state index contributed by atoms with van der Waals surface area (Å²) in [6, 6.07) is 0.166. The second-order valence-corrected chi connectivity index (χ2v) is 5.78. The van der Waals surface area contributed by atoms with E-state index in [4.69, 9.17) is 10.5 Å². The molecule has 116 valence electrons. The highest BCUT2D eigenvalue weighted by Gasteiger charge is 2.41. The first kappa shape index (κ1) is 17.2. The van der Waals surface area contributed by atoms with Gasteiger partial charge in [-0.2, -0.15) is 0 Å². The fourth-order valence-electron chi connectivity index (χ4n) is 2.85. The molecule has 20 heavy (non-hydrogen) atoms. The number of carbonyl (C=O) groups excluding carboxylic acids is 2. The number of halogens is 1. The highest BCUT2D eigenvalue weighted by atomic mass is 35.5. The number of nitrogens with two attached hydrogens (primary N) is 1. The molecule has 0 bridgehead atoms. The van der Waals surface area contributed by atoms with Crippen molar-refractivity contribution in [3.05, 3.63) is 0 Å². The lowest BCUT2D eigenvalue weighted by Gasteiger charge is -2.38. The normalized spacial score (nSPS) is 27.7. The highest BCUT2D eigenvalue weighted by molar-refractivity contribution is 5.87. The number of carbonyl (C=O) groups is 2. The van der Waals surface area contributed by atoms with E-state index in [2.05, 4.69) is 5.32 Å². The molecule has 3 N–H and O–H groups in total. The molecule has 0 unspecified atom stereocenters.